The number of thiocarbonyl (C=S) groups is 1. The number of nitrogens with zero attached hydrogens (tertiary/aromatic N) is 2. The molecule has 3 nitrogen and oxygen atoms in total. The maximum absolute atomic E-state index is 6.31. The molecule has 0 aliphatic carbocycles. The van der Waals surface area contributed by atoms with Crippen molar-refractivity contribution in [3.8, 4) is 5.75 Å². The summed E-state index contributed by atoms with van der Waals surface area (Å²) in [6.07, 6.45) is 0. The van der Waals surface area contributed by atoms with Crippen molar-refractivity contribution in [1.82, 2.24) is 9.80 Å². The van der Waals surface area contributed by atoms with Crippen LogP contribution in [-0.2, 0) is 13.2 Å². The lowest BCUT2D eigenvalue weighted by Gasteiger charge is -2.36. The Hall–Kier alpha value is -1.63. The Morgan fingerprint density at radius 2 is 1.69 bits per heavy atom. The summed E-state index contributed by atoms with van der Waals surface area (Å²) in [5, 5.41) is 1.20. The van der Waals surface area contributed by atoms with Gasteiger partial charge in [-0.05, 0) is 35.9 Å². The van der Waals surface area contributed by atoms with Crippen molar-refractivity contribution >= 4 is 56.3 Å². The maximum atomic E-state index is 6.31. The van der Waals surface area contributed by atoms with Gasteiger partial charge in [0.25, 0.3) is 0 Å². The Kier molecular flexibility index (Phi) is 8.08. The molecule has 0 saturated carbocycles. The number of benzene rings is 3. The number of rotatable bonds is 6. The van der Waals surface area contributed by atoms with E-state index < -0.39 is 0 Å². The van der Waals surface area contributed by atoms with Gasteiger partial charge in [0, 0.05) is 52.8 Å². The lowest BCUT2D eigenvalue weighted by atomic mass is 10.1. The van der Waals surface area contributed by atoms with Crippen molar-refractivity contribution in [3.05, 3.63) is 97.9 Å². The molecule has 1 saturated heterocycles. The van der Waals surface area contributed by atoms with Gasteiger partial charge in [-0.25, -0.2) is 0 Å². The average Bonchev–Trinajstić information content (AvgIpc) is 2.80. The fraction of sp³-hybridized carbons (Fsp3) is 0.240. The van der Waals surface area contributed by atoms with Gasteiger partial charge >= 0.3 is 0 Å². The van der Waals surface area contributed by atoms with Gasteiger partial charge in [-0.2, -0.15) is 0 Å². The third-order valence-electron chi connectivity index (χ3n) is 5.48. The summed E-state index contributed by atoms with van der Waals surface area (Å²) in [6, 6.07) is 21.9. The van der Waals surface area contributed by atoms with E-state index in [0.29, 0.717) is 16.7 Å². The highest BCUT2D eigenvalue weighted by molar-refractivity contribution is 9.10. The lowest BCUT2D eigenvalue weighted by molar-refractivity contribution is 0.177. The van der Waals surface area contributed by atoms with Crippen LogP contribution in [0.15, 0.2) is 71.2 Å². The van der Waals surface area contributed by atoms with Crippen LogP contribution in [0.3, 0.4) is 0 Å². The molecular formula is C25H23BrCl2N2OS. The second-order valence-electron chi connectivity index (χ2n) is 7.72. The molecule has 32 heavy (non-hydrogen) atoms. The van der Waals surface area contributed by atoms with E-state index in [2.05, 4.69) is 56.1 Å². The van der Waals surface area contributed by atoms with Crippen molar-refractivity contribution < 1.29 is 4.74 Å². The molecule has 166 valence electrons. The molecule has 7 heteroatoms. The standard InChI is InChI=1S/C25H23BrCl2N2OS/c26-20-7-9-24(31-17-19-6-8-21(27)15-23(19)28)22(14-20)25(32)30-12-10-29(11-13-30)16-18-4-2-1-3-5-18/h1-9,14-15H,10-13,16-17H2. The van der Waals surface area contributed by atoms with E-state index in [-0.39, 0.29) is 0 Å². The van der Waals surface area contributed by atoms with Crippen LogP contribution in [0.25, 0.3) is 0 Å². The second-order valence-corrected chi connectivity index (χ2v) is 9.86. The molecule has 0 N–H and O–H groups in total. The molecule has 0 aromatic heterocycles. The zero-order chi connectivity index (χ0) is 22.5. The Bertz CT molecular complexity index is 1090. The fourth-order valence-corrected chi connectivity index (χ4v) is 4.88. The van der Waals surface area contributed by atoms with E-state index >= 15 is 0 Å². The second kappa shape index (κ2) is 11.0. The summed E-state index contributed by atoms with van der Waals surface area (Å²) >= 11 is 21.8. The first-order valence-electron chi connectivity index (χ1n) is 10.4. The van der Waals surface area contributed by atoms with Crippen LogP contribution in [0, 0.1) is 0 Å². The number of hydrogen-bond donors (Lipinski definition) is 0. The summed E-state index contributed by atoms with van der Waals surface area (Å²) in [7, 11) is 0. The van der Waals surface area contributed by atoms with Gasteiger partial charge in [-0.15, -0.1) is 0 Å². The van der Waals surface area contributed by atoms with Crippen LogP contribution in [0.2, 0.25) is 10.0 Å². The topological polar surface area (TPSA) is 15.7 Å². The molecule has 0 radical (unpaired) electrons. The van der Waals surface area contributed by atoms with Gasteiger partial charge in [-0.3, -0.25) is 4.90 Å². The van der Waals surface area contributed by atoms with Gasteiger partial charge in [0.2, 0.25) is 0 Å². The summed E-state index contributed by atoms with van der Waals surface area (Å²) < 4.78 is 7.11. The number of piperazine rings is 1. The molecule has 3 aromatic carbocycles. The lowest BCUT2D eigenvalue weighted by Crippen LogP contribution is -2.48. The summed E-state index contributed by atoms with van der Waals surface area (Å²) in [4.78, 5) is 5.54. The molecule has 1 heterocycles. The molecule has 0 bridgehead atoms. The van der Waals surface area contributed by atoms with E-state index in [1.165, 1.54) is 5.56 Å². The Labute approximate surface area is 213 Å². The minimum Gasteiger partial charge on any atom is -0.488 e. The van der Waals surface area contributed by atoms with Crippen LogP contribution >= 0.6 is 51.3 Å². The van der Waals surface area contributed by atoms with E-state index in [0.717, 1.165) is 59.1 Å². The van der Waals surface area contributed by atoms with Gasteiger partial charge in [0.05, 0.1) is 5.56 Å². The maximum Gasteiger partial charge on any atom is 0.130 e. The first-order valence-corrected chi connectivity index (χ1v) is 12.4. The average molecular weight is 550 g/mol. The highest BCUT2D eigenvalue weighted by Crippen LogP contribution is 2.28. The van der Waals surface area contributed by atoms with E-state index in [9.17, 15) is 0 Å². The Morgan fingerprint density at radius 3 is 2.41 bits per heavy atom. The van der Waals surface area contributed by atoms with Crippen molar-refractivity contribution in [1.29, 1.82) is 0 Å². The van der Waals surface area contributed by atoms with E-state index in [1.807, 2.05) is 30.3 Å². The number of ether oxygens (including phenoxy) is 1. The highest BCUT2D eigenvalue weighted by Gasteiger charge is 2.22. The smallest absolute Gasteiger partial charge is 0.130 e. The molecule has 0 spiro atoms. The predicted molar refractivity (Wildman–Crippen MR) is 140 cm³/mol. The normalized spacial score (nSPS) is 14.4. The molecule has 4 rings (SSSR count). The van der Waals surface area contributed by atoms with Gasteiger partial charge in [-0.1, -0.05) is 87.7 Å². The molecule has 1 aliphatic heterocycles. The summed E-state index contributed by atoms with van der Waals surface area (Å²) in [6.45, 7) is 5.03. The van der Waals surface area contributed by atoms with Gasteiger partial charge in [0.1, 0.15) is 17.3 Å². The number of halogens is 3. The number of hydrogen-bond acceptors (Lipinski definition) is 3. The van der Waals surface area contributed by atoms with Crippen molar-refractivity contribution in [2.45, 2.75) is 13.2 Å². The third kappa shape index (κ3) is 6.03. The zero-order valence-electron chi connectivity index (χ0n) is 17.4. The van der Waals surface area contributed by atoms with Crippen LogP contribution in [0.4, 0.5) is 0 Å². The minimum absolute atomic E-state index is 0.345. The largest absolute Gasteiger partial charge is 0.488 e. The minimum atomic E-state index is 0.345. The molecule has 0 atom stereocenters. The molecular weight excluding hydrogens is 527 g/mol. The summed E-state index contributed by atoms with van der Waals surface area (Å²) in [5.41, 5.74) is 3.13. The molecule has 3 aromatic rings. The van der Waals surface area contributed by atoms with Crippen LogP contribution in [0.1, 0.15) is 16.7 Å². The van der Waals surface area contributed by atoms with Crippen LogP contribution < -0.4 is 4.74 Å². The Morgan fingerprint density at radius 1 is 0.938 bits per heavy atom. The molecule has 0 unspecified atom stereocenters. The quantitative estimate of drug-likeness (QED) is 0.313. The first-order chi connectivity index (χ1) is 15.5. The first kappa shape index (κ1) is 23.5. The fourth-order valence-electron chi connectivity index (χ4n) is 3.71. The third-order valence-corrected chi connectivity index (χ3v) is 7.04. The van der Waals surface area contributed by atoms with E-state index in [4.69, 9.17) is 40.2 Å². The van der Waals surface area contributed by atoms with Gasteiger partial charge in [0.15, 0.2) is 0 Å². The molecule has 1 fully saturated rings. The van der Waals surface area contributed by atoms with Crippen molar-refractivity contribution in [2.75, 3.05) is 26.2 Å². The van der Waals surface area contributed by atoms with Crippen molar-refractivity contribution in [2.24, 2.45) is 0 Å². The monoisotopic (exact) mass is 548 g/mol. The molecule has 0 amide bonds. The molecule has 1 aliphatic rings. The van der Waals surface area contributed by atoms with Crippen molar-refractivity contribution in [3.63, 3.8) is 0 Å². The SMILES string of the molecule is S=C(c1cc(Br)ccc1OCc1ccc(Cl)cc1Cl)N1CCN(Cc2ccccc2)CC1. The van der Waals surface area contributed by atoms with Crippen LogP contribution in [0.5, 0.6) is 5.75 Å². The predicted octanol–water partition coefficient (Wildman–Crippen LogP) is 6.83. The highest BCUT2D eigenvalue weighted by atomic mass is 79.9. The summed E-state index contributed by atoms with van der Waals surface area (Å²) in [5.74, 6) is 0.746. The Balaban J connectivity index is 1.41. The van der Waals surface area contributed by atoms with E-state index in [1.54, 1.807) is 6.07 Å². The van der Waals surface area contributed by atoms with Gasteiger partial charge < -0.3 is 9.64 Å². The van der Waals surface area contributed by atoms with Crippen LogP contribution in [-0.4, -0.2) is 41.0 Å². The zero-order valence-corrected chi connectivity index (χ0v) is 21.4.